The summed E-state index contributed by atoms with van der Waals surface area (Å²) in [7, 11) is 0. The van der Waals surface area contributed by atoms with E-state index in [0.29, 0.717) is 17.7 Å². The summed E-state index contributed by atoms with van der Waals surface area (Å²) in [5.41, 5.74) is 0. The highest BCUT2D eigenvalue weighted by molar-refractivity contribution is 6.16. The number of aryl methyl sites for hydroxylation is 1. The van der Waals surface area contributed by atoms with Crippen molar-refractivity contribution in [2.75, 3.05) is 0 Å². The summed E-state index contributed by atoms with van der Waals surface area (Å²) in [6, 6.07) is 0. The van der Waals surface area contributed by atoms with Gasteiger partial charge in [-0.15, -0.1) is 21.8 Å². The molecule has 0 aliphatic heterocycles. The fourth-order valence-electron chi connectivity index (χ4n) is 0.485. The molecule has 1 aromatic heterocycles. The third-order valence-electron chi connectivity index (χ3n) is 0.925. The minimum absolute atomic E-state index is 0.299. The van der Waals surface area contributed by atoms with Crippen molar-refractivity contribution in [3.05, 3.63) is 11.8 Å². The zero-order chi connectivity index (χ0) is 6.69. The lowest BCUT2D eigenvalue weighted by Gasteiger charge is -1.80. The Kier molecular flexibility index (Phi) is 2.05. The average Bonchev–Trinajstić information content (AvgIpc) is 2.34. The molecule has 0 aliphatic carbocycles. The highest BCUT2D eigenvalue weighted by Crippen LogP contribution is 2.01. The number of alkyl halides is 1. The Balaban J connectivity index is 2.74. The maximum Gasteiger partial charge on any atom is 0.231 e. The third kappa shape index (κ3) is 1.42. The van der Waals surface area contributed by atoms with Crippen molar-refractivity contribution < 1.29 is 4.42 Å². The van der Waals surface area contributed by atoms with E-state index in [4.69, 9.17) is 16.0 Å². The van der Waals surface area contributed by atoms with E-state index >= 15 is 0 Å². The standard InChI is InChI=1S/C5H7ClN2O/c1-2-4-7-8-5(3-6)9-4/h2-3H2,1H3. The fraction of sp³-hybridized carbons (Fsp3) is 0.600. The van der Waals surface area contributed by atoms with Gasteiger partial charge in [0, 0.05) is 6.42 Å². The molecule has 1 rings (SSSR count). The summed E-state index contributed by atoms with van der Waals surface area (Å²) < 4.78 is 5.03. The predicted octanol–water partition coefficient (Wildman–Crippen LogP) is 1.37. The molecule has 1 heterocycles. The van der Waals surface area contributed by atoms with Crippen LogP contribution in [0.4, 0.5) is 0 Å². The molecule has 4 heteroatoms. The number of hydrogen-bond donors (Lipinski definition) is 0. The van der Waals surface area contributed by atoms with Crippen LogP contribution in [-0.2, 0) is 12.3 Å². The predicted molar refractivity (Wildman–Crippen MR) is 33.2 cm³/mol. The van der Waals surface area contributed by atoms with Crippen molar-refractivity contribution in [3.63, 3.8) is 0 Å². The monoisotopic (exact) mass is 146 g/mol. The molecule has 0 unspecified atom stereocenters. The largest absolute Gasteiger partial charge is 0.424 e. The molecule has 0 saturated heterocycles. The molecule has 0 spiro atoms. The summed E-state index contributed by atoms with van der Waals surface area (Å²) >= 11 is 5.40. The molecule has 0 saturated carbocycles. The first-order chi connectivity index (χ1) is 4.36. The zero-order valence-corrected chi connectivity index (χ0v) is 5.85. The van der Waals surface area contributed by atoms with Gasteiger partial charge >= 0.3 is 0 Å². The van der Waals surface area contributed by atoms with Crippen LogP contribution in [0.3, 0.4) is 0 Å². The van der Waals surface area contributed by atoms with Gasteiger partial charge < -0.3 is 4.42 Å². The minimum atomic E-state index is 0.299. The molecule has 1 aromatic rings. The van der Waals surface area contributed by atoms with Crippen LogP contribution in [0.15, 0.2) is 4.42 Å². The van der Waals surface area contributed by atoms with Crippen LogP contribution < -0.4 is 0 Å². The van der Waals surface area contributed by atoms with Crippen molar-refractivity contribution in [2.24, 2.45) is 0 Å². The van der Waals surface area contributed by atoms with Crippen molar-refractivity contribution >= 4 is 11.6 Å². The lowest BCUT2D eigenvalue weighted by molar-refractivity contribution is 0.469. The van der Waals surface area contributed by atoms with Crippen LogP contribution in [0.5, 0.6) is 0 Å². The van der Waals surface area contributed by atoms with Gasteiger partial charge in [-0.2, -0.15) is 0 Å². The molecule has 0 aliphatic rings. The highest BCUT2D eigenvalue weighted by atomic mass is 35.5. The first kappa shape index (κ1) is 6.55. The number of nitrogens with zero attached hydrogens (tertiary/aromatic N) is 2. The van der Waals surface area contributed by atoms with Crippen molar-refractivity contribution in [1.29, 1.82) is 0 Å². The van der Waals surface area contributed by atoms with E-state index in [-0.39, 0.29) is 0 Å². The van der Waals surface area contributed by atoms with Gasteiger partial charge in [-0.25, -0.2) is 0 Å². The molecular weight excluding hydrogens is 140 g/mol. The highest BCUT2D eigenvalue weighted by Gasteiger charge is 1.99. The van der Waals surface area contributed by atoms with E-state index in [1.165, 1.54) is 0 Å². The van der Waals surface area contributed by atoms with E-state index < -0.39 is 0 Å². The Morgan fingerprint density at radius 2 is 2.11 bits per heavy atom. The zero-order valence-electron chi connectivity index (χ0n) is 5.09. The molecule has 50 valence electrons. The Bertz CT molecular complexity index is 168. The van der Waals surface area contributed by atoms with Crippen molar-refractivity contribution in [3.8, 4) is 0 Å². The van der Waals surface area contributed by atoms with Crippen molar-refractivity contribution in [1.82, 2.24) is 10.2 Å². The average molecular weight is 147 g/mol. The summed E-state index contributed by atoms with van der Waals surface area (Å²) in [4.78, 5) is 0. The van der Waals surface area contributed by atoms with Crippen LogP contribution in [-0.4, -0.2) is 10.2 Å². The van der Waals surface area contributed by atoms with E-state index in [9.17, 15) is 0 Å². The van der Waals surface area contributed by atoms with Gasteiger partial charge in [0.1, 0.15) is 5.88 Å². The number of halogens is 1. The van der Waals surface area contributed by atoms with E-state index in [0.717, 1.165) is 6.42 Å². The first-order valence-electron chi connectivity index (χ1n) is 2.74. The Labute approximate surface area is 58.0 Å². The molecule has 0 radical (unpaired) electrons. The smallest absolute Gasteiger partial charge is 0.231 e. The van der Waals surface area contributed by atoms with Gasteiger partial charge in [0.2, 0.25) is 11.8 Å². The molecule has 0 aromatic carbocycles. The van der Waals surface area contributed by atoms with Gasteiger partial charge in [-0.05, 0) is 0 Å². The molecule has 0 amide bonds. The molecule has 0 bridgehead atoms. The second-order valence-electron chi connectivity index (χ2n) is 1.58. The number of rotatable bonds is 2. The summed E-state index contributed by atoms with van der Waals surface area (Å²) in [6.45, 7) is 1.95. The minimum Gasteiger partial charge on any atom is -0.424 e. The lowest BCUT2D eigenvalue weighted by Crippen LogP contribution is -1.76. The summed E-state index contributed by atoms with van der Waals surface area (Å²) in [5.74, 6) is 1.44. The van der Waals surface area contributed by atoms with Gasteiger partial charge in [0.05, 0.1) is 0 Å². The topological polar surface area (TPSA) is 38.9 Å². The van der Waals surface area contributed by atoms with Gasteiger partial charge in [0.15, 0.2) is 0 Å². The normalized spacial score (nSPS) is 10.0. The SMILES string of the molecule is CCc1nnc(CCl)o1. The van der Waals surface area contributed by atoms with E-state index in [1.807, 2.05) is 6.92 Å². The molecule has 3 nitrogen and oxygen atoms in total. The van der Waals surface area contributed by atoms with Crippen LogP contribution in [0.25, 0.3) is 0 Å². The molecule has 0 atom stereocenters. The molecular formula is C5H7ClN2O. The van der Waals surface area contributed by atoms with Gasteiger partial charge in [-0.1, -0.05) is 6.92 Å². The molecule has 9 heavy (non-hydrogen) atoms. The maximum atomic E-state index is 5.40. The second-order valence-corrected chi connectivity index (χ2v) is 1.84. The second kappa shape index (κ2) is 2.82. The maximum absolute atomic E-state index is 5.40. The first-order valence-corrected chi connectivity index (χ1v) is 3.27. The lowest BCUT2D eigenvalue weighted by atomic mass is 10.5. The Morgan fingerprint density at radius 1 is 1.44 bits per heavy atom. The van der Waals surface area contributed by atoms with Crippen LogP contribution >= 0.6 is 11.6 Å². The van der Waals surface area contributed by atoms with Gasteiger partial charge in [0.25, 0.3) is 0 Å². The van der Waals surface area contributed by atoms with Crippen molar-refractivity contribution in [2.45, 2.75) is 19.2 Å². The van der Waals surface area contributed by atoms with E-state index in [2.05, 4.69) is 10.2 Å². The van der Waals surface area contributed by atoms with Crippen LogP contribution in [0.2, 0.25) is 0 Å². The van der Waals surface area contributed by atoms with Gasteiger partial charge in [-0.3, -0.25) is 0 Å². The summed E-state index contributed by atoms with van der Waals surface area (Å²) in [6.07, 6.45) is 0.768. The Hall–Kier alpha value is -0.570. The fourth-order valence-corrected chi connectivity index (χ4v) is 0.593. The quantitative estimate of drug-likeness (QED) is 0.592. The van der Waals surface area contributed by atoms with Crippen LogP contribution in [0, 0.1) is 0 Å². The Morgan fingerprint density at radius 3 is 2.44 bits per heavy atom. The van der Waals surface area contributed by atoms with E-state index in [1.54, 1.807) is 0 Å². The number of hydrogen-bond acceptors (Lipinski definition) is 3. The summed E-state index contributed by atoms with van der Waals surface area (Å²) in [5, 5.41) is 7.36. The van der Waals surface area contributed by atoms with Crippen LogP contribution in [0.1, 0.15) is 18.7 Å². The molecule has 0 N–H and O–H groups in total. The third-order valence-corrected chi connectivity index (χ3v) is 1.15. The number of aromatic nitrogens is 2. The molecule has 0 fully saturated rings.